The second kappa shape index (κ2) is 11.7. The number of esters is 1. The van der Waals surface area contributed by atoms with E-state index in [1.807, 2.05) is 30.3 Å². The molecule has 33 heavy (non-hydrogen) atoms. The molecule has 6 nitrogen and oxygen atoms in total. The number of rotatable bonds is 9. The van der Waals surface area contributed by atoms with E-state index in [1.165, 1.54) is 19.3 Å². The Kier molecular flexibility index (Phi) is 8.46. The number of piperidine rings is 1. The first-order valence-corrected chi connectivity index (χ1v) is 12.6. The lowest BCUT2D eigenvalue weighted by atomic mass is 9.73. The Morgan fingerprint density at radius 3 is 2.48 bits per heavy atom. The highest BCUT2D eigenvalue weighted by Crippen LogP contribution is 2.40. The first-order valence-electron chi connectivity index (χ1n) is 12.6. The Morgan fingerprint density at radius 2 is 1.79 bits per heavy atom. The average Bonchev–Trinajstić information content (AvgIpc) is 2.90. The van der Waals surface area contributed by atoms with Gasteiger partial charge in [-0.1, -0.05) is 56.0 Å². The fourth-order valence-electron chi connectivity index (χ4n) is 5.38. The quantitative estimate of drug-likeness (QED) is 0.568. The van der Waals surface area contributed by atoms with Gasteiger partial charge in [0.2, 0.25) is 0 Å². The highest BCUT2D eigenvalue weighted by molar-refractivity contribution is 5.81. The van der Waals surface area contributed by atoms with E-state index in [0.29, 0.717) is 5.56 Å². The molecule has 0 bridgehead atoms. The van der Waals surface area contributed by atoms with E-state index in [4.69, 9.17) is 4.74 Å². The summed E-state index contributed by atoms with van der Waals surface area (Å²) in [5.74, 6) is -0.701. The van der Waals surface area contributed by atoms with E-state index < -0.39 is 11.6 Å². The zero-order chi connectivity index (χ0) is 22.9. The van der Waals surface area contributed by atoms with Crippen LogP contribution in [0.4, 0.5) is 0 Å². The number of aromatic nitrogens is 2. The van der Waals surface area contributed by atoms with Crippen molar-refractivity contribution in [2.24, 2.45) is 5.92 Å². The third-order valence-electron chi connectivity index (χ3n) is 7.38. The maximum Gasteiger partial charge on any atom is 0.343 e. The van der Waals surface area contributed by atoms with E-state index in [0.717, 1.165) is 63.9 Å². The molecular weight excluding hydrogens is 414 g/mol. The van der Waals surface area contributed by atoms with Crippen LogP contribution in [0.15, 0.2) is 48.9 Å². The van der Waals surface area contributed by atoms with Crippen LogP contribution in [-0.2, 0) is 15.1 Å². The second-order valence-corrected chi connectivity index (χ2v) is 9.58. The zero-order valence-electron chi connectivity index (χ0n) is 19.6. The summed E-state index contributed by atoms with van der Waals surface area (Å²) < 4.78 is 5.90. The predicted octanol–water partition coefficient (Wildman–Crippen LogP) is 4.45. The molecule has 1 aliphatic carbocycles. The smallest absolute Gasteiger partial charge is 0.343 e. The van der Waals surface area contributed by atoms with Crippen LogP contribution < -0.4 is 0 Å². The van der Waals surface area contributed by atoms with E-state index in [-0.39, 0.29) is 18.4 Å². The maximum absolute atomic E-state index is 13.5. The first-order chi connectivity index (χ1) is 16.2. The van der Waals surface area contributed by atoms with Crippen molar-refractivity contribution in [3.63, 3.8) is 0 Å². The summed E-state index contributed by atoms with van der Waals surface area (Å²) in [6.45, 7) is 3.41. The number of likely N-dealkylation sites (tertiary alicyclic amines) is 1. The van der Waals surface area contributed by atoms with Gasteiger partial charge in [-0.25, -0.2) is 4.79 Å². The van der Waals surface area contributed by atoms with Crippen LogP contribution in [0.1, 0.15) is 75.0 Å². The number of aliphatic hydroxyl groups is 1. The molecule has 1 N–H and O–H groups in total. The Bertz CT molecular complexity index is 851. The van der Waals surface area contributed by atoms with Crippen LogP contribution >= 0.6 is 0 Å². The molecule has 1 aliphatic heterocycles. The molecule has 1 saturated carbocycles. The fourth-order valence-corrected chi connectivity index (χ4v) is 5.38. The summed E-state index contributed by atoms with van der Waals surface area (Å²) in [4.78, 5) is 24.7. The van der Waals surface area contributed by atoms with Crippen LogP contribution in [0, 0.1) is 5.92 Å². The van der Waals surface area contributed by atoms with Crippen molar-refractivity contribution in [2.45, 2.75) is 69.3 Å². The van der Waals surface area contributed by atoms with Gasteiger partial charge in [0.05, 0.1) is 12.3 Å². The summed E-state index contributed by atoms with van der Waals surface area (Å²) in [7, 11) is 0. The highest BCUT2D eigenvalue weighted by Gasteiger charge is 2.47. The van der Waals surface area contributed by atoms with Gasteiger partial charge in [-0.3, -0.25) is 9.97 Å². The lowest BCUT2D eigenvalue weighted by molar-refractivity contribution is -0.176. The second-order valence-electron chi connectivity index (χ2n) is 9.58. The topological polar surface area (TPSA) is 75.5 Å². The molecule has 2 atom stereocenters. The molecule has 2 heterocycles. The SMILES string of the molecule is O=C(OC[C@H](CCN1CCCCC1)c1cnccn1)C(O)(c1ccccc1)C1CCCCC1. The lowest BCUT2D eigenvalue weighted by Gasteiger charge is -2.37. The van der Waals surface area contributed by atoms with Crippen molar-refractivity contribution in [1.82, 2.24) is 14.9 Å². The van der Waals surface area contributed by atoms with Gasteiger partial charge < -0.3 is 14.7 Å². The molecule has 0 spiro atoms. The number of ether oxygens (including phenoxy) is 1. The summed E-state index contributed by atoms with van der Waals surface area (Å²) in [5, 5.41) is 11.8. The third kappa shape index (κ3) is 5.98. The maximum atomic E-state index is 13.5. The van der Waals surface area contributed by atoms with Crippen molar-refractivity contribution < 1.29 is 14.6 Å². The number of carbonyl (C=O) groups is 1. The summed E-state index contributed by atoms with van der Waals surface area (Å²) >= 11 is 0. The van der Waals surface area contributed by atoms with Crippen LogP contribution in [-0.4, -0.2) is 52.2 Å². The van der Waals surface area contributed by atoms with Crippen LogP contribution in [0.25, 0.3) is 0 Å². The lowest BCUT2D eigenvalue weighted by Crippen LogP contribution is -2.45. The first kappa shape index (κ1) is 23.8. The molecule has 4 rings (SSSR count). The standard InChI is InChI=1S/C27H37N3O3/c31-26(27(32,23-10-4-1-5-11-23)24-12-6-2-7-13-24)33-21-22(25-20-28-15-16-29-25)14-19-30-17-8-3-9-18-30/h1,4-5,10-11,15-16,20,22,24,32H,2-3,6-9,12-14,17-19,21H2/t22-,27?/m0/s1. The van der Waals surface area contributed by atoms with Crippen LogP contribution in [0.2, 0.25) is 0 Å². The van der Waals surface area contributed by atoms with E-state index in [1.54, 1.807) is 18.6 Å². The van der Waals surface area contributed by atoms with Crippen LogP contribution in [0.5, 0.6) is 0 Å². The molecule has 6 heteroatoms. The van der Waals surface area contributed by atoms with Gasteiger partial charge in [-0.2, -0.15) is 0 Å². The van der Waals surface area contributed by atoms with Crippen molar-refractivity contribution in [1.29, 1.82) is 0 Å². The molecule has 1 saturated heterocycles. The highest BCUT2D eigenvalue weighted by atomic mass is 16.5. The molecule has 1 aromatic carbocycles. The Hall–Kier alpha value is -2.31. The van der Waals surface area contributed by atoms with Gasteiger partial charge in [0.25, 0.3) is 0 Å². The van der Waals surface area contributed by atoms with Crippen LogP contribution in [0.3, 0.4) is 0 Å². The summed E-state index contributed by atoms with van der Waals surface area (Å²) in [6, 6.07) is 9.33. The van der Waals surface area contributed by atoms with Gasteiger partial charge in [0.1, 0.15) is 0 Å². The fraction of sp³-hybridized carbons (Fsp3) is 0.593. The Labute approximate surface area is 197 Å². The molecule has 1 unspecified atom stereocenters. The van der Waals surface area contributed by atoms with Gasteiger partial charge in [-0.05, 0) is 57.3 Å². The van der Waals surface area contributed by atoms with E-state index >= 15 is 0 Å². The normalized spacial score (nSPS) is 20.6. The monoisotopic (exact) mass is 451 g/mol. The Balaban J connectivity index is 1.48. The van der Waals surface area contributed by atoms with Crippen molar-refractivity contribution in [3.05, 3.63) is 60.2 Å². The average molecular weight is 452 g/mol. The van der Waals surface area contributed by atoms with E-state index in [9.17, 15) is 9.90 Å². The molecule has 178 valence electrons. The minimum Gasteiger partial charge on any atom is -0.463 e. The minimum atomic E-state index is -1.61. The molecule has 2 aromatic rings. The number of carbonyl (C=O) groups excluding carboxylic acids is 1. The van der Waals surface area contributed by atoms with E-state index in [2.05, 4.69) is 14.9 Å². The number of benzene rings is 1. The summed E-state index contributed by atoms with van der Waals surface area (Å²) in [5.41, 5.74) is -0.143. The summed E-state index contributed by atoms with van der Waals surface area (Å²) in [6.07, 6.45) is 14.7. The number of hydrogen-bond donors (Lipinski definition) is 1. The molecule has 2 aliphatic rings. The van der Waals surface area contributed by atoms with Gasteiger partial charge in [0, 0.05) is 30.4 Å². The number of hydrogen-bond acceptors (Lipinski definition) is 6. The molecule has 0 radical (unpaired) electrons. The van der Waals surface area contributed by atoms with Gasteiger partial charge in [-0.15, -0.1) is 0 Å². The van der Waals surface area contributed by atoms with Gasteiger partial charge >= 0.3 is 5.97 Å². The van der Waals surface area contributed by atoms with Gasteiger partial charge in [0.15, 0.2) is 5.60 Å². The minimum absolute atomic E-state index is 0.0454. The molecule has 1 aromatic heterocycles. The third-order valence-corrected chi connectivity index (χ3v) is 7.38. The molecule has 2 fully saturated rings. The predicted molar refractivity (Wildman–Crippen MR) is 128 cm³/mol. The number of nitrogens with zero attached hydrogens (tertiary/aromatic N) is 3. The molecular formula is C27H37N3O3. The zero-order valence-corrected chi connectivity index (χ0v) is 19.6. The largest absolute Gasteiger partial charge is 0.463 e. The van der Waals surface area contributed by atoms with Crippen molar-refractivity contribution >= 4 is 5.97 Å². The van der Waals surface area contributed by atoms with Crippen molar-refractivity contribution in [2.75, 3.05) is 26.2 Å². The Morgan fingerprint density at radius 1 is 1.06 bits per heavy atom. The molecule has 0 amide bonds. The van der Waals surface area contributed by atoms with Crippen molar-refractivity contribution in [3.8, 4) is 0 Å².